The van der Waals surface area contributed by atoms with E-state index in [1.165, 1.54) is 18.6 Å². The van der Waals surface area contributed by atoms with E-state index in [1.54, 1.807) is 12.1 Å². The molecule has 2 unspecified atom stereocenters. The molecule has 2 fully saturated rings. The highest BCUT2D eigenvalue weighted by molar-refractivity contribution is 5.80. The van der Waals surface area contributed by atoms with E-state index in [4.69, 9.17) is 5.73 Å². The average Bonchev–Trinajstić information content (AvgIpc) is 2.58. The minimum atomic E-state index is -0.348. The first-order chi connectivity index (χ1) is 12.5. The summed E-state index contributed by atoms with van der Waals surface area (Å²) in [6.07, 6.45) is 5.41. The minimum Gasteiger partial charge on any atom is -0.354 e. The quantitative estimate of drug-likeness (QED) is 0.675. The van der Waals surface area contributed by atoms with Crippen molar-refractivity contribution in [2.24, 2.45) is 23.5 Å². The van der Waals surface area contributed by atoms with Crippen LogP contribution in [0.1, 0.15) is 37.7 Å². The number of nitrogens with two attached hydrogens (primary N) is 1. The Labute approximate surface area is 153 Å². The largest absolute Gasteiger partial charge is 0.354 e. The van der Waals surface area contributed by atoms with Crippen molar-refractivity contribution in [3.05, 3.63) is 35.6 Å². The molecular weight excluding hydrogens is 333 g/mol. The Bertz CT molecular complexity index is 638. The molecule has 2 bridgehead atoms. The lowest BCUT2D eigenvalue weighted by Gasteiger charge is -2.43. The summed E-state index contributed by atoms with van der Waals surface area (Å²) in [6, 6.07) is 6.27. The van der Waals surface area contributed by atoms with E-state index in [1.807, 2.05) is 0 Å². The van der Waals surface area contributed by atoms with Crippen LogP contribution in [0.2, 0.25) is 0 Å². The second kappa shape index (κ2) is 8.62. The first kappa shape index (κ1) is 18.8. The molecule has 3 rings (SSSR count). The number of amides is 2. The van der Waals surface area contributed by atoms with Gasteiger partial charge in [-0.1, -0.05) is 18.6 Å². The first-order valence-electron chi connectivity index (χ1n) is 9.57. The molecular formula is C20H28FN3O2. The van der Waals surface area contributed by atoms with Crippen molar-refractivity contribution < 1.29 is 14.0 Å². The van der Waals surface area contributed by atoms with Crippen molar-refractivity contribution in [3.8, 4) is 0 Å². The second-order valence-electron chi connectivity index (χ2n) is 7.64. The average molecular weight is 361 g/mol. The van der Waals surface area contributed by atoms with Crippen LogP contribution in [0, 0.1) is 23.6 Å². The lowest BCUT2D eigenvalue weighted by molar-refractivity contribution is -0.128. The topological polar surface area (TPSA) is 84.2 Å². The summed E-state index contributed by atoms with van der Waals surface area (Å²) in [5.74, 6) is 0.553. The van der Waals surface area contributed by atoms with Crippen molar-refractivity contribution in [1.82, 2.24) is 10.6 Å². The van der Waals surface area contributed by atoms with E-state index in [2.05, 4.69) is 10.6 Å². The molecule has 0 aliphatic heterocycles. The molecule has 0 heterocycles. The molecule has 26 heavy (non-hydrogen) atoms. The Morgan fingerprint density at radius 3 is 2.50 bits per heavy atom. The summed E-state index contributed by atoms with van der Waals surface area (Å²) in [4.78, 5) is 24.3. The second-order valence-corrected chi connectivity index (χ2v) is 7.64. The van der Waals surface area contributed by atoms with Gasteiger partial charge in [0.1, 0.15) is 5.82 Å². The molecule has 2 saturated carbocycles. The predicted molar refractivity (Wildman–Crippen MR) is 97.7 cm³/mol. The van der Waals surface area contributed by atoms with E-state index >= 15 is 0 Å². The van der Waals surface area contributed by atoms with Crippen LogP contribution in [0.4, 0.5) is 4.39 Å². The highest BCUT2D eigenvalue weighted by Crippen LogP contribution is 2.41. The van der Waals surface area contributed by atoms with Gasteiger partial charge in [-0.3, -0.25) is 9.59 Å². The first-order valence-corrected chi connectivity index (χ1v) is 9.57. The lowest BCUT2D eigenvalue weighted by Crippen LogP contribution is -2.49. The molecule has 5 nitrogen and oxygen atoms in total. The van der Waals surface area contributed by atoms with Crippen LogP contribution in [0.25, 0.3) is 0 Å². The van der Waals surface area contributed by atoms with Gasteiger partial charge in [0.05, 0.1) is 6.42 Å². The molecule has 0 saturated heterocycles. The summed E-state index contributed by atoms with van der Waals surface area (Å²) in [5.41, 5.74) is 6.91. The highest BCUT2D eigenvalue weighted by atomic mass is 19.1. The molecule has 0 radical (unpaired) electrons. The van der Waals surface area contributed by atoms with E-state index in [0.717, 1.165) is 25.7 Å². The van der Waals surface area contributed by atoms with E-state index in [-0.39, 0.29) is 36.0 Å². The third-order valence-corrected chi connectivity index (χ3v) is 5.78. The molecule has 1 aromatic carbocycles. The van der Waals surface area contributed by atoms with Crippen LogP contribution in [-0.4, -0.2) is 30.9 Å². The van der Waals surface area contributed by atoms with Gasteiger partial charge >= 0.3 is 0 Å². The van der Waals surface area contributed by atoms with Crippen LogP contribution in [-0.2, 0) is 16.0 Å². The summed E-state index contributed by atoms with van der Waals surface area (Å²) < 4.78 is 13.1. The number of nitrogens with one attached hydrogen (secondary N) is 2. The van der Waals surface area contributed by atoms with Crippen LogP contribution in [0.3, 0.4) is 0 Å². The molecule has 6 heteroatoms. The summed E-state index contributed by atoms with van der Waals surface area (Å²) >= 11 is 0. The molecule has 4 N–H and O–H groups in total. The van der Waals surface area contributed by atoms with E-state index in [0.29, 0.717) is 30.5 Å². The number of carbonyl (C=O) groups is 2. The van der Waals surface area contributed by atoms with Gasteiger partial charge in [-0.25, -0.2) is 4.39 Å². The van der Waals surface area contributed by atoms with Gasteiger partial charge in [0.2, 0.25) is 11.8 Å². The normalized spacial score (nSPS) is 27.6. The maximum absolute atomic E-state index is 13.1. The summed E-state index contributed by atoms with van der Waals surface area (Å²) in [7, 11) is 0. The van der Waals surface area contributed by atoms with Crippen LogP contribution in [0.5, 0.6) is 0 Å². The monoisotopic (exact) mass is 361 g/mol. The van der Waals surface area contributed by atoms with Crippen molar-refractivity contribution in [1.29, 1.82) is 0 Å². The number of hydrogen-bond donors (Lipinski definition) is 3. The fraction of sp³-hybridized carbons (Fsp3) is 0.600. The van der Waals surface area contributed by atoms with Gasteiger partial charge in [-0.15, -0.1) is 0 Å². The third kappa shape index (κ3) is 4.81. The molecule has 2 amide bonds. The van der Waals surface area contributed by atoms with Crippen LogP contribution >= 0.6 is 0 Å². The van der Waals surface area contributed by atoms with Crippen molar-refractivity contribution in [3.63, 3.8) is 0 Å². The Balaban J connectivity index is 1.35. The molecule has 142 valence electrons. The fourth-order valence-electron chi connectivity index (χ4n) is 4.43. The zero-order chi connectivity index (χ0) is 18.5. The lowest BCUT2D eigenvalue weighted by atomic mass is 9.65. The standard InChI is InChI=1S/C20H28FN3O2/c21-17-6-1-3-13(9-17)10-18(25)23-7-8-24-20(26)16-11-14-4-2-5-15(12-16)19(14)22/h1,3,6,9,14-16,19H,2,4-5,7-8,10-12,22H2,(H,23,25)(H,24,26). The summed E-state index contributed by atoms with van der Waals surface area (Å²) in [6.45, 7) is 0.782. The van der Waals surface area contributed by atoms with E-state index in [9.17, 15) is 14.0 Å². The Hall–Kier alpha value is -1.95. The van der Waals surface area contributed by atoms with Crippen LogP contribution in [0.15, 0.2) is 24.3 Å². The Morgan fingerprint density at radius 2 is 1.81 bits per heavy atom. The number of fused-ring (bicyclic) bond motifs is 2. The maximum Gasteiger partial charge on any atom is 0.224 e. The van der Waals surface area contributed by atoms with Crippen molar-refractivity contribution >= 4 is 11.8 Å². The van der Waals surface area contributed by atoms with Gasteiger partial charge in [0, 0.05) is 25.0 Å². The summed E-state index contributed by atoms with van der Waals surface area (Å²) in [5, 5.41) is 5.69. The van der Waals surface area contributed by atoms with Gasteiger partial charge < -0.3 is 16.4 Å². The SMILES string of the molecule is NC1C2CCCC1CC(C(=O)NCCNC(=O)Cc1cccc(F)c1)C2. The smallest absolute Gasteiger partial charge is 0.224 e. The molecule has 0 aromatic heterocycles. The number of carbonyl (C=O) groups excluding carboxylic acids is 2. The highest BCUT2D eigenvalue weighted by Gasteiger charge is 2.40. The van der Waals surface area contributed by atoms with E-state index < -0.39 is 0 Å². The number of rotatable bonds is 6. The van der Waals surface area contributed by atoms with Crippen molar-refractivity contribution in [2.45, 2.75) is 44.6 Å². The third-order valence-electron chi connectivity index (χ3n) is 5.78. The number of hydrogen-bond acceptors (Lipinski definition) is 3. The van der Waals surface area contributed by atoms with Crippen LogP contribution < -0.4 is 16.4 Å². The molecule has 2 atom stereocenters. The predicted octanol–water partition coefficient (Wildman–Crippen LogP) is 1.75. The van der Waals surface area contributed by atoms with Gasteiger partial charge in [-0.05, 0) is 55.2 Å². The fourth-order valence-corrected chi connectivity index (χ4v) is 4.43. The molecule has 2 aliphatic rings. The van der Waals surface area contributed by atoms with Gasteiger partial charge in [0.15, 0.2) is 0 Å². The zero-order valence-electron chi connectivity index (χ0n) is 15.0. The maximum atomic E-state index is 13.1. The minimum absolute atomic E-state index is 0.0492. The Morgan fingerprint density at radius 1 is 1.12 bits per heavy atom. The van der Waals surface area contributed by atoms with Gasteiger partial charge in [-0.2, -0.15) is 0 Å². The Kier molecular flexibility index (Phi) is 6.25. The molecule has 0 spiro atoms. The number of halogens is 1. The van der Waals surface area contributed by atoms with Crippen molar-refractivity contribution in [2.75, 3.05) is 13.1 Å². The zero-order valence-corrected chi connectivity index (χ0v) is 15.0. The number of benzene rings is 1. The molecule has 1 aromatic rings. The molecule has 2 aliphatic carbocycles. The van der Waals surface area contributed by atoms with Gasteiger partial charge in [0.25, 0.3) is 0 Å².